The summed E-state index contributed by atoms with van der Waals surface area (Å²) in [7, 11) is 0. The Morgan fingerprint density at radius 1 is 1.28 bits per heavy atom. The minimum Gasteiger partial charge on any atom is -0.339 e. The molecule has 128 valence electrons. The lowest BCUT2D eigenvalue weighted by Gasteiger charge is -2.03. The Kier molecular flexibility index (Phi) is 5.03. The van der Waals surface area contributed by atoms with Gasteiger partial charge >= 0.3 is 0 Å². The fourth-order valence-corrected chi connectivity index (χ4v) is 2.40. The zero-order valence-electron chi connectivity index (χ0n) is 13.8. The van der Waals surface area contributed by atoms with Crippen molar-refractivity contribution in [3.05, 3.63) is 64.4 Å². The average molecular weight is 338 g/mol. The summed E-state index contributed by atoms with van der Waals surface area (Å²) in [5.41, 5.74) is 2.25. The third kappa shape index (κ3) is 4.63. The van der Waals surface area contributed by atoms with Gasteiger partial charge in [0.25, 0.3) is 0 Å². The number of carbonyl (C=O) groups excluding carboxylic acids is 1. The molecule has 1 aromatic carbocycles. The molecule has 7 nitrogen and oxygen atoms in total. The molecular weight excluding hydrogens is 320 g/mol. The summed E-state index contributed by atoms with van der Waals surface area (Å²) in [6.45, 7) is 2.00. The molecule has 2 aromatic heterocycles. The summed E-state index contributed by atoms with van der Waals surface area (Å²) in [6, 6.07) is 10.8. The van der Waals surface area contributed by atoms with Gasteiger partial charge in [0.05, 0.1) is 0 Å². The molecule has 7 heteroatoms. The number of rotatable bonds is 6. The number of nitrogens with one attached hydrogen (secondary N) is 2. The van der Waals surface area contributed by atoms with Crippen LogP contribution in [-0.4, -0.2) is 21.0 Å². The van der Waals surface area contributed by atoms with Crippen LogP contribution in [0.5, 0.6) is 0 Å². The topological polar surface area (TPSA) is 101 Å². The molecule has 2 heterocycles. The molecule has 3 rings (SSSR count). The van der Waals surface area contributed by atoms with Gasteiger partial charge in [0.2, 0.25) is 23.2 Å². The Morgan fingerprint density at radius 2 is 2.16 bits per heavy atom. The van der Waals surface area contributed by atoms with E-state index >= 15 is 0 Å². The number of pyridine rings is 1. The van der Waals surface area contributed by atoms with Gasteiger partial charge in [0, 0.05) is 36.4 Å². The highest BCUT2D eigenvalue weighted by molar-refractivity contribution is 5.90. The Hall–Kier alpha value is -3.22. The molecule has 0 aliphatic heterocycles. The lowest BCUT2D eigenvalue weighted by atomic mass is 10.1. The lowest BCUT2D eigenvalue weighted by Crippen LogP contribution is -2.14. The number of benzene rings is 1. The molecule has 0 saturated carbocycles. The van der Waals surface area contributed by atoms with E-state index in [9.17, 15) is 9.59 Å². The van der Waals surface area contributed by atoms with E-state index in [1.807, 2.05) is 31.2 Å². The van der Waals surface area contributed by atoms with E-state index in [0.29, 0.717) is 36.7 Å². The first kappa shape index (κ1) is 16.6. The van der Waals surface area contributed by atoms with Crippen LogP contribution in [0, 0.1) is 6.92 Å². The molecule has 3 aromatic rings. The molecule has 0 saturated heterocycles. The van der Waals surface area contributed by atoms with Gasteiger partial charge in [-0.3, -0.25) is 9.59 Å². The highest BCUT2D eigenvalue weighted by Crippen LogP contribution is 2.17. The van der Waals surface area contributed by atoms with E-state index in [0.717, 1.165) is 11.1 Å². The number of amides is 1. The van der Waals surface area contributed by atoms with Gasteiger partial charge in [-0.1, -0.05) is 28.9 Å². The van der Waals surface area contributed by atoms with Gasteiger partial charge in [0.15, 0.2) is 0 Å². The molecular formula is C18H18N4O3. The van der Waals surface area contributed by atoms with Gasteiger partial charge in [-0.15, -0.1) is 0 Å². The van der Waals surface area contributed by atoms with Gasteiger partial charge in [-0.25, -0.2) is 0 Å². The average Bonchev–Trinajstić information content (AvgIpc) is 3.04. The Morgan fingerprint density at radius 3 is 2.96 bits per heavy atom. The van der Waals surface area contributed by atoms with Crippen molar-refractivity contribution in [2.45, 2.75) is 26.2 Å². The molecule has 0 unspecified atom stereocenters. The standard InChI is InChI=1S/C18H18N4O3/c1-12-4-2-5-13(10-12)18-21-17(25-22-18)7-3-6-15(23)20-14-8-9-19-16(24)11-14/h2,4-5,8-11H,3,6-7H2,1H3,(H2,19,20,23,24). The largest absolute Gasteiger partial charge is 0.339 e. The van der Waals surface area contributed by atoms with Crippen LogP contribution < -0.4 is 10.9 Å². The Balaban J connectivity index is 1.51. The van der Waals surface area contributed by atoms with Crippen LogP contribution >= 0.6 is 0 Å². The predicted octanol–water partition coefficient (Wildman–Crippen LogP) is 2.69. The van der Waals surface area contributed by atoms with Crippen LogP contribution in [0.15, 0.2) is 51.9 Å². The second-order valence-corrected chi connectivity index (χ2v) is 5.72. The summed E-state index contributed by atoms with van der Waals surface area (Å²) >= 11 is 0. The Labute approximate surface area is 144 Å². The maximum Gasteiger partial charge on any atom is 0.249 e. The fourth-order valence-electron chi connectivity index (χ4n) is 2.40. The van der Waals surface area contributed by atoms with Crippen LogP contribution in [-0.2, 0) is 11.2 Å². The SMILES string of the molecule is Cc1cccc(-c2noc(CCCC(=O)Nc3cc[nH]c(=O)c3)n2)c1. The molecule has 0 spiro atoms. The molecule has 0 fully saturated rings. The molecule has 25 heavy (non-hydrogen) atoms. The van der Waals surface area contributed by atoms with Crippen molar-refractivity contribution >= 4 is 11.6 Å². The number of carbonyl (C=O) groups is 1. The van der Waals surface area contributed by atoms with E-state index in [4.69, 9.17) is 4.52 Å². The fraction of sp³-hybridized carbons (Fsp3) is 0.222. The maximum atomic E-state index is 11.9. The first-order valence-electron chi connectivity index (χ1n) is 7.98. The van der Waals surface area contributed by atoms with Crippen LogP contribution in [0.1, 0.15) is 24.3 Å². The number of hydrogen-bond acceptors (Lipinski definition) is 5. The number of nitrogens with zero attached hydrogens (tertiary/aromatic N) is 2. The van der Waals surface area contributed by atoms with Crippen molar-refractivity contribution in [1.29, 1.82) is 0 Å². The van der Waals surface area contributed by atoms with E-state index in [2.05, 4.69) is 20.4 Å². The smallest absolute Gasteiger partial charge is 0.249 e. The maximum absolute atomic E-state index is 11.9. The summed E-state index contributed by atoms with van der Waals surface area (Å²) < 4.78 is 5.24. The summed E-state index contributed by atoms with van der Waals surface area (Å²) in [6.07, 6.45) is 2.88. The van der Waals surface area contributed by atoms with Crippen LogP contribution in [0.3, 0.4) is 0 Å². The van der Waals surface area contributed by atoms with Crippen molar-refractivity contribution in [3.63, 3.8) is 0 Å². The number of anilines is 1. The van der Waals surface area contributed by atoms with Crippen molar-refractivity contribution in [3.8, 4) is 11.4 Å². The number of hydrogen-bond donors (Lipinski definition) is 2. The monoisotopic (exact) mass is 338 g/mol. The van der Waals surface area contributed by atoms with Crippen LogP contribution in [0.25, 0.3) is 11.4 Å². The zero-order valence-corrected chi connectivity index (χ0v) is 13.8. The minimum absolute atomic E-state index is 0.163. The van der Waals surface area contributed by atoms with Crippen LogP contribution in [0.2, 0.25) is 0 Å². The third-order valence-electron chi connectivity index (χ3n) is 3.60. The lowest BCUT2D eigenvalue weighted by molar-refractivity contribution is -0.116. The quantitative estimate of drug-likeness (QED) is 0.719. The molecule has 0 aliphatic rings. The van der Waals surface area contributed by atoms with Crippen molar-refractivity contribution in [2.75, 3.05) is 5.32 Å². The highest BCUT2D eigenvalue weighted by Gasteiger charge is 2.10. The van der Waals surface area contributed by atoms with Crippen molar-refractivity contribution < 1.29 is 9.32 Å². The first-order valence-corrected chi connectivity index (χ1v) is 7.98. The predicted molar refractivity (Wildman–Crippen MR) is 93.1 cm³/mol. The van der Waals surface area contributed by atoms with Crippen molar-refractivity contribution in [1.82, 2.24) is 15.1 Å². The number of aromatic nitrogens is 3. The second kappa shape index (κ2) is 7.57. The van der Waals surface area contributed by atoms with E-state index in [1.54, 1.807) is 6.07 Å². The van der Waals surface area contributed by atoms with Crippen molar-refractivity contribution in [2.24, 2.45) is 0 Å². The second-order valence-electron chi connectivity index (χ2n) is 5.72. The highest BCUT2D eigenvalue weighted by atomic mass is 16.5. The van der Waals surface area contributed by atoms with E-state index in [-0.39, 0.29) is 11.5 Å². The molecule has 0 radical (unpaired) electrons. The van der Waals surface area contributed by atoms with Gasteiger partial charge < -0.3 is 14.8 Å². The molecule has 1 amide bonds. The zero-order chi connectivity index (χ0) is 17.6. The summed E-state index contributed by atoms with van der Waals surface area (Å²) in [5.74, 6) is 0.885. The minimum atomic E-state index is -0.257. The molecule has 2 N–H and O–H groups in total. The van der Waals surface area contributed by atoms with Crippen LogP contribution in [0.4, 0.5) is 5.69 Å². The van der Waals surface area contributed by atoms with E-state index in [1.165, 1.54) is 12.3 Å². The van der Waals surface area contributed by atoms with Gasteiger partial charge in [0.1, 0.15) is 0 Å². The first-order chi connectivity index (χ1) is 12.1. The number of H-pyrrole nitrogens is 1. The summed E-state index contributed by atoms with van der Waals surface area (Å²) in [5, 5.41) is 6.66. The third-order valence-corrected chi connectivity index (χ3v) is 3.60. The number of aryl methyl sites for hydroxylation is 2. The van der Waals surface area contributed by atoms with Gasteiger partial charge in [-0.2, -0.15) is 4.98 Å². The number of aromatic amines is 1. The molecule has 0 bridgehead atoms. The van der Waals surface area contributed by atoms with E-state index < -0.39 is 0 Å². The molecule has 0 atom stereocenters. The molecule has 0 aliphatic carbocycles. The van der Waals surface area contributed by atoms with Gasteiger partial charge in [-0.05, 0) is 25.5 Å². The normalized spacial score (nSPS) is 10.6. The Bertz CT molecular complexity index is 930. The summed E-state index contributed by atoms with van der Waals surface area (Å²) in [4.78, 5) is 29.9.